The lowest BCUT2D eigenvalue weighted by atomic mass is 10.4. The quantitative estimate of drug-likeness (QED) is 0.560. The van der Waals surface area contributed by atoms with E-state index in [-0.39, 0.29) is 5.97 Å². The number of carbonyl (C=O) groups is 1. The zero-order chi connectivity index (χ0) is 11.8. The maximum Gasteiger partial charge on any atom is 0.307 e. The van der Waals surface area contributed by atoms with Gasteiger partial charge in [-0.15, -0.1) is 0 Å². The number of aryl methyl sites for hydroxylation is 1. The molecule has 0 fully saturated rings. The van der Waals surface area contributed by atoms with Crippen molar-refractivity contribution in [3.8, 4) is 0 Å². The molecule has 0 amide bonds. The van der Waals surface area contributed by atoms with E-state index >= 15 is 0 Å². The van der Waals surface area contributed by atoms with E-state index in [2.05, 4.69) is 10.3 Å². The molecule has 90 valence electrons. The molecule has 0 radical (unpaired) electrons. The van der Waals surface area contributed by atoms with Crippen LogP contribution in [0.5, 0.6) is 0 Å². The van der Waals surface area contributed by atoms with Crippen LogP contribution in [0, 0.1) is 0 Å². The Kier molecular flexibility index (Phi) is 5.56. The number of esters is 1. The number of ether oxygens (including phenoxy) is 1. The first-order valence-electron chi connectivity index (χ1n) is 5.56. The first-order chi connectivity index (χ1) is 7.76. The molecule has 0 aliphatic carbocycles. The van der Waals surface area contributed by atoms with Crippen LogP contribution in [0.15, 0.2) is 10.6 Å². The topological polar surface area (TPSA) is 64.4 Å². The number of hydrogen-bond donors (Lipinski definition) is 1. The zero-order valence-corrected chi connectivity index (χ0v) is 9.78. The molecule has 5 nitrogen and oxygen atoms in total. The SMILES string of the molecule is CCOC(=O)CCNCc1ncc(CC)o1. The highest BCUT2D eigenvalue weighted by atomic mass is 16.5. The molecule has 1 rings (SSSR count). The molecule has 0 unspecified atom stereocenters. The largest absolute Gasteiger partial charge is 0.466 e. The van der Waals surface area contributed by atoms with E-state index in [1.807, 2.05) is 6.92 Å². The molecule has 0 spiro atoms. The Bertz CT molecular complexity index is 323. The summed E-state index contributed by atoms with van der Waals surface area (Å²) in [4.78, 5) is 15.1. The van der Waals surface area contributed by atoms with Crippen molar-refractivity contribution in [2.45, 2.75) is 33.2 Å². The van der Waals surface area contributed by atoms with E-state index in [1.165, 1.54) is 0 Å². The van der Waals surface area contributed by atoms with Crippen LogP contribution in [0.1, 0.15) is 31.9 Å². The van der Waals surface area contributed by atoms with Gasteiger partial charge >= 0.3 is 5.97 Å². The number of hydrogen-bond acceptors (Lipinski definition) is 5. The van der Waals surface area contributed by atoms with Gasteiger partial charge in [-0.3, -0.25) is 4.79 Å². The van der Waals surface area contributed by atoms with Gasteiger partial charge in [-0.1, -0.05) is 6.92 Å². The first-order valence-corrected chi connectivity index (χ1v) is 5.56. The van der Waals surface area contributed by atoms with Crippen LogP contribution >= 0.6 is 0 Å². The number of nitrogens with one attached hydrogen (secondary N) is 1. The molecule has 0 aromatic carbocycles. The summed E-state index contributed by atoms with van der Waals surface area (Å²) < 4.78 is 10.2. The molecule has 5 heteroatoms. The third kappa shape index (κ3) is 4.44. The number of aromatic nitrogens is 1. The van der Waals surface area contributed by atoms with Crippen LogP contribution in [0.25, 0.3) is 0 Å². The smallest absolute Gasteiger partial charge is 0.307 e. The molecule has 1 aromatic rings. The lowest BCUT2D eigenvalue weighted by molar-refractivity contribution is -0.142. The van der Waals surface area contributed by atoms with Crippen molar-refractivity contribution in [3.63, 3.8) is 0 Å². The lowest BCUT2D eigenvalue weighted by Crippen LogP contribution is -2.19. The highest BCUT2D eigenvalue weighted by Crippen LogP contribution is 2.03. The van der Waals surface area contributed by atoms with Gasteiger partial charge in [0.05, 0.1) is 25.8 Å². The van der Waals surface area contributed by atoms with Crippen molar-refractivity contribution in [3.05, 3.63) is 17.8 Å². The van der Waals surface area contributed by atoms with E-state index < -0.39 is 0 Å². The number of carbonyl (C=O) groups excluding carboxylic acids is 1. The van der Waals surface area contributed by atoms with Crippen molar-refractivity contribution in [2.75, 3.05) is 13.2 Å². The zero-order valence-electron chi connectivity index (χ0n) is 9.78. The molecule has 0 saturated carbocycles. The fourth-order valence-electron chi connectivity index (χ4n) is 1.21. The monoisotopic (exact) mass is 226 g/mol. The van der Waals surface area contributed by atoms with Crippen LogP contribution in [0.2, 0.25) is 0 Å². The maximum atomic E-state index is 11.0. The van der Waals surface area contributed by atoms with Crippen molar-refractivity contribution in [1.29, 1.82) is 0 Å². The Labute approximate surface area is 95.2 Å². The second-order valence-electron chi connectivity index (χ2n) is 3.31. The van der Waals surface area contributed by atoms with Gasteiger partial charge in [-0.25, -0.2) is 4.98 Å². The molecular formula is C11H18N2O3. The highest BCUT2D eigenvalue weighted by Gasteiger charge is 2.03. The summed E-state index contributed by atoms with van der Waals surface area (Å²) in [5, 5.41) is 3.07. The molecule has 0 aliphatic heterocycles. The Hall–Kier alpha value is -1.36. The van der Waals surface area contributed by atoms with Crippen molar-refractivity contribution in [1.82, 2.24) is 10.3 Å². The molecule has 0 atom stereocenters. The lowest BCUT2D eigenvalue weighted by Gasteiger charge is -2.02. The van der Waals surface area contributed by atoms with E-state index in [4.69, 9.17) is 9.15 Å². The van der Waals surface area contributed by atoms with Gasteiger partial charge in [0, 0.05) is 13.0 Å². The molecular weight excluding hydrogens is 208 g/mol. The van der Waals surface area contributed by atoms with Crippen LogP contribution in [0.4, 0.5) is 0 Å². The fraction of sp³-hybridized carbons (Fsp3) is 0.636. The van der Waals surface area contributed by atoms with Gasteiger partial charge in [0.15, 0.2) is 0 Å². The number of rotatable bonds is 7. The van der Waals surface area contributed by atoms with Crippen molar-refractivity contribution < 1.29 is 13.9 Å². The minimum absolute atomic E-state index is 0.184. The van der Waals surface area contributed by atoms with Crippen LogP contribution < -0.4 is 5.32 Å². The number of oxazole rings is 1. The molecule has 1 aromatic heterocycles. The van der Waals surface area contributed by atoms with Gasteiger partial charge in [0.2, 0.25) is 5.89 Å². The van der Waals surface area contributed by atoms with E-state index in [1.54, 1.807) is 13.1 Å². The molecule has 0 bridgehead atoms. The Morgan fingerprint density at radius 3 is 3.00 bits per heavy atom. The molecule has 16 heavy (non-hydrogen) atoms. The van der Waals surface area contributed by atoms with Gasteiger partial charge in [0.25, 0.3) is 0 Å². The van der Waals surface area contributed by atoms with Gasteiger partial charge in [0.1, 0.15) is 5.76 Å². The van der Waals surface area contributed by atoms with Gasteiger partial charge < -0.3 is 14.5 Å². The summed E-state index contributed by atoms with van der Waals surface area (Å²) in [6.07, 6.45) is 2.94. The fourth-order valence-corrected chi connectivity index (χ4v) is 1.21. The summed E-state index contributed by atoms with van der Waals surface area (Å²) in [7, 11) is 0. The first kappa shape index (κ1) is 12.7. The average Bonchev–Trinajstić information content (AvgIpc) is 2.73. The molecule has 1 N–H and O–H groups in total. The molecule has 0 aliphatic rings. The minimum Gasteiger partial charge on any atom is -0.466 e. The van der Waals surface area contributed by atoms with Crippen molar-refractivity contribution >= 4 is 5.97 Å². The van der Waals surface area contributed by atoms with Gasteiger partial charge in [-0.2, -0.15) is 0 Å². The summed E-state index contributed by atoms with van der Waals surface area (Å²) in [6, 6.07) is 0. The van der Waals surface area contributed by atoms with E-state index in [0.29, 0.717) is 32.0 Å². The average molecular weight is 226 g/mol. The van der Waals surface area contributed by atoms with Gasteiger partial charge in [-0.05, 0) is 6.92 Å². The Morgan fingerprint density at radius 2 is 2.38 bits per heavy atom. The number of nitrogens with zero attached hydrogens (tertiary/aromatic N) is 1. The maximum absolute atomic E-state index is 11.0. The van der Waals surface area contributed by atoms with E-state index in [9.17, 15) is 4.79 Å². The van der Waals surface area contributed by atoms with Crippen LogP contribution in [0.3, 0.4) is 0 Å². The normalized spacial score (nSPS) is 10.4. The van der Waals surface area contributed by atoms with Crippen LogP contribution in [-0.2, 0) is 22.5 Å². The molecule has 0 saturated heterocycles. The summed E-state index contributed by atoms with van der Waals surface area (Å²) in [5.74, 6) is 1.35. The standard InChI is InChI=1S/C11H18N2O3/c1-3-9-7-13-10(16-9)8-12-6-5-11(14)15-4-2/h7,12H,3-6,8H2,1-2H3. The van der Waals surface area contributed by atoms with Crippen LogP contribution in [-0.4, -0.2) is 24.1 Å². The third-order valence-electron chi connectivity index (χ3n) is 2.04. The molecule has 1 heterocycles. The second kappa shape index (κ2) is 7.00. The van der Waals surface area contributed by atoms with E-state index in [0.717, 1.165) is 12.2 Å². The Balaban J connectivity index is 2.13. The predicted octanol–water partition coefficient (Wildman–Crippen LogP) is 1.28. The third-order valence-corrected chi connectivity index (χ3v) is 2.04. The van der Waals surface area contributed by atoms with Crippen molar-refractivity contribution in [2.24, 2.45) is 0 Å². The Morgan fingerprint density at radius 1 is 1.56 bits per heavy atom. The summed E-state index contributed by atoms with van der Waals surface area (Å²) in [6.45, 7) is 5.35. The highest BCUT2D eigenvalue weighted by molar-refractivity contribution is 5.69. The second-order valence-corrected chi connectivity index (χ2v) is 3.31. The summed E-state index contributed by atoms with van der Waals surface area (Å²) in [5.41, 5.74) is 0. The minimum atomic E-state index is -0.184. The predicted molar refractivity (Wildman–Crippen MR) is 58.8 cm³/mol. The summed E-state index contributed by atoms with van der Waals surface area (Å²) >= 11 is 0.